The molecule has 1 heterocycles. The van der Waals surface area contributed by atoms with Gasteiger partial charge in [0.15, 0.2) is 5.69 Å². The third-order valence-corrected chi connectivity index (χ3v) is 2.03. The van der Waals surface area contributed by atoms with Crippen LogP contribution >= 0.6 is 0 Å². The van der Waals surface area contributed by atoms with Crippen molar-refractivity contribution in [3.8, 4) is 0 Å². The van der Waals surface area contributed by atoms with E-state index in [0.717, 1.165) is 6.42 Å². The summed E-state index contributed by atoms with van der Waals surface area (Å²) in [4.78, 5) is 10.8. The minimum Gasteiger partial charge on any atom is -0.476 e. The van der Waals surface area contributed by atoms with Gasteiger partial charge < -0.3 is 9.84 Å². The lowest BCUT2D eigenvalue weighted by Gasteiger charge is -2.04. The molecule has 0 amide bonds. The fraction of sp³-hybridized carbons (Fsp3) is 0.667. The molecule has 1 N–H and O–H groups in total. The van der Waals surface area contributed by atoms with Crippen molar-refractivity contribution in [2.45, 2.75) is 26.3 Å². The minimum absolute atomic E-state index is 0.0490. The molecule has 6 nitrogen and oxygen atoms in total. The van der Waals surface area contributed by atoms with E-state index in [0.29, 0.717) is 25.3 Å². The Kier molecular flexibility index (Phi) is 4.23. The molecular formula is C9H15N3O3. The van der Waals surface area contributed by atoms with Crippen LogP contribution in [-0.4, -0.2) is 39.8 Å². The van der Waals surface area contributed by atoms with Gasteiger partial charge in [0, 0.05) is 7.11 Å². The molecule has 0 aromatic carbocycles. The first-order valence-corrected chi connectivity index (χ1v) is 4.85. The van der Waals surface area contributed by atoms with E-state index in [1.807, 2.05) is 6.92 Å². The van der Waals surface area contributed by atoms with Crippen molar-refractivity contribution in [3.63, 3.8) is 0 Å². The molecule has 1 aromatic rings. The Balaban J connectivity index is 2.90. The summed E-state index contributed by atoms with van der Waals surface area (Å²) in [6.07, 6.45) is 1.53. The van der Waals surface area contributed by atoms with Gasteiger partial charge in [-0.1, -0.05) is 18.6 Å². The second-order valence-corrected chi connectivity index (χ2v) is 3.16. The van der Waals surface area contributed by atoms with E-state index in [1.165, 1.54) is 0 Å². The van der Waals surface area contributed by atoms with Crippen LogP contribution in [0.15, 0.2) is 0 Å². The number of aromatic carboxylic acids is 1. The molecule has 15 heavy (non-hydrogen) atoms. The van der Waals surface area contributed by atoms with Gasteiger partial charge in [-0.2, -0.15) is 0 Å². The predicted octanol–water partition coefficient (Wildman–Crippen LogP) is 0.575. The average Bonchev–Trinajstić information content (AvgIpc) is 2.59. The summed E-state index contributed by atoms with van der Waals surface area (Å²) in [6.45, 7) is 3.02. The summed E-state index contributed by atoms with van der Waals surface area (Å²) >= 11 is 0. The smallest absolute Gasteiger partial charge is 0.358 e. The van der Waals surface area contributed by atoms with Gasteiger partial charge in [-0.05, 0) is 6.42 Å². The molecule has 0 atom stereocenters. The van der Waals surface area contributed by atoms with Gasteiger partial charge in [0.1, 0.15) is 0 Å². The first-order chi connectivity index (χ1) is 7.20. The van der Waals surface area contributed by atoms with E-state index in [2.05, 4.69) is 10.3 Å². The molecule has 0 aliphatic heterocycles. The summed E-state index contributed by atoms with van der Waals surface area (Å²) in [6, 6.07) is 0. The molecule has 84 valence electrons. The Labute approximate surface area is 87.9 Å². The topological polar surface area (TPSA) is 77.2 Å². The number of carbonyl (C=O) groups is 1. The van der Waals surface area contributed by atoms with Crippen LogP contribution in [0, 0.1) is 0 Å². The highest BCUT2D eigenvalue weighted by molar-refractivity contribution is 5.86. The van der Waals surface area contributed by atoms with Crippen LogP contribution in [-0.2, 0) is 17.7 Å². The number of aromatic nitrogens is 3. The van der Waals surface area contributed by atoms with E-state index in [-0.39, 0.29) is 5.69 Å². The van der Waals surface area contributed by atoms with Gasteiger partial charge in [-0.25, -0.2) is 9.48 Å². The Hall–Kier alpha value is -1.43. The van der Waals surface area contributed by atoms with Crippen molar-refractivity contribution in [2.24, 2.45) is 0 Å². The fourth-order valence-corrected chi connectivity index (χ4v) is 1.34. The van der Waals surface area contributed by atoms with Gasteiger partial charge >= 0.3 is 5.97 Å². The maximum absolute atomic E-state index is 10.8. The van der Waals surface area contributed by atoms with Crippen molar-refractivity contribution < 1.29 is 14.6 Å². The molecule has 0 fully saturated rings. The Morgan fingerprint density at radius 3 is 2.87 bits per heavy atom. The number of carboxylic acid groups (broad SMARTS) is 1. The zero-order valence-corrected chi connectivity index (χ0v) is 8.93. The molecule has 0 unspecified atom stereocenters. The predicted molar refractivity (Wildman–Crippen MR) is 52.9 cm³/mol. The maximum atomic E-state index is 10.8. The number of methoxy groups -OCH3 is 1. The first-order valence-electron chi connectivity index (χ1n) is 4.85. The van der Waals surface area contributed by atoms with E-state index in [9.17, 15) is 4.79 Å². The van der Waals surface area contributed by atoms with Crippen molar-refractivity contribution in [3.05, 3.63) is 11.4 Å². The van der Waals surface area contributed by atoms with Crippen molar-refractivity contribution in [1.82, 2.24) is 15.0 Å². The molecule has 6 heteroatoms. The Morgan fingerprint density at radius 2 is 2.33 bits per heavy atom. The van der Waals surface area contributed by atoms with Crippen LogP contribution in [0.25, 0.3) is 0 Å². The summed E-state index contributed by atoms with van der Waals surface area (Å²) in [5, 5.41) is 16.3. The summed E-state index contributed by atoms with van der Waals surface area (Å²) in [7, 11) is 1.59. The van der Waals surface area contributed by atoms with Crippen LogP contribution in [0.5, 0.6) is 0 Å². The third kappa shape index (κ3) is 2.76. The highest BCUT2D eigenvalue weighted by Crippen LogP contribution is 2.08. The second-order valence-electron chi connectivity index (χ2n) is 3.16. The molecule has 0 aliphatic rings. The number of carboxylic acids is 1. The van der Waals surface area contributed by atoms with Gasteiger partial charge in [-0.15, -0.1) is 5.10 Å². The van der Waals surface area contributed by atoms with Crippen LogP contribution in [0.4, 0.5) is 0 Å². The lowest BCUT2D eigenvalue weighted by molar-refractivity contribution is 0.0689. The SMILES string of the molecule is CCCc1c(C(=O)O)nnn1CCOC. The zero-order chi connectivity index (χ0) is 11.3. The molecule has 0 saturated carbocycles. The second kappa shape index (κ2) is 5.45. The standard InChI is InChI=1S/C9H15N3O3/c1-3-4-7-8(9(13)14)10-11-12(7)5-6-15-2/h3-6H2,1-2H3,(H,13,14). The summed E-state index contributed by atoms with van der Waals surface area (Å²) in [5.74, 6) is -1.03. The highest BCUT2D eigenvalue weighted by atomic mass is 16.5. The van der Waals surface area contributed by atoms with Gasteiger partial charge in [-0.3, -0.25) is 0 Å². The number of hydrogen-bond acceptors (Lipinski definition) is 4. The van der Waals surface area contributed by atoms with Crippen LogP contribution in [0.2, 0.25) is 0 Å². The lowest BCUT2D eigenvalue weighted by Crippen LogP contribution is -2.11. The van der Waals surface area contributed by atoms with Crippen LogP contribution in [0.3, 0.4) is 0 Å². The normalized spacial score (nSPS) is 10.5. The van der Waals surface area contributed by atoms with E-state index < -0.39 is 5.97 Å². The first kappa shape index (κ1) is 11.6. The van der Waals surface area contributed by atoms with Gasteiger partial charge in [0.25, 0.3) is 0 Å². The average molecular weight is 213 g/mol. The molecule has 1 aromatic heterocycles. The highest BCUT2D eigenvalue weighted by Gasteiger charge is 2.17. The molecule has 0 saturated heterocycles. The third-order valence-electron chi connectivity index (χ3n) is 2.03. The largest absolute Gasteiger partial charge is 0.476 e. The summed E-state index contributed by atoms with van der Waals surface area (Å²) < 4.78 is 6.51. The molecule has 0 bridgehead atoms. The van der Waals surface area contributed by atoms with Gasteiger partial charge in [0.2, 0.25) is 0 Å². The Bertz CT molecular complexity index is 335. The molecule has 0 spiro atoms. The fourth-order valence-electron chi connectivity index (χ4n) is 1.34. The zero-order valence-electron chi connectivity index (χ0n) is 8.93. The van der Waals surface area contributed by atoms with Crippen LogP contribution < -0.4 is 0 Å². The monoisotopic (exact) mass is 213 g/mol. The van der Waals surface area contributed by atoms with E-state index in [4.69, 9.17) is 9.84 Å². The van der Waals surface area contributed by atoms with Crippen molar-refractivity contribution in [1.29, 1.82) is 0 Å². The molecule has 0 radical (unpaired) electrons. The van der Waals surface area contributed by atoms with Crippen LogP contribution in [0.1, 0.15) is 29.5 Å². The van der Waals surface area contributed by atoms with Crippen molar-refractivity contribution >= 4 is 5.97 Å². The Morgan fingerprint density at radius 1 is 1.60 bits per heavy atom. The number of rotatable bonds is 6. The molecular weight excluding hydrogens is 198 g/mol. The number of ether oxygens (including phenoxy) is 1. The van der Waals surface area contributed by atoms with Crippen molar-refractivity contribution in [2.75, 3.05) is 13.7 Å². The lowest BCUT2D eigenvalue weighted by atomic mass is 10.2. The molecule has 0 aliphatic carbocycles. The minimum atomic E-state index is -1.03. The number of hydrogen-bond donors (Lipinski definition) is 1. The molecule has 1 rings (SSSR count). The maximum Gasteiger partial charge on any atom is 0.358 e. The van der Waals surface area contributed by atoms with Gasteiger partial charge in [0.05, 0.1) is 18.8 Å². The van der Waals surface area contributed by atoms with E-state index >= 15 is 0 Å². The quantitative estimate of drug-likeness (QED) is 0.747. The van der Waals surface area contributed by atoms with E-state index in [1.54, 1.807) is 11.8 Å². The summed E-state index contributed by atoms with van der Waals surface area (Å²) in [5.41, 5.74) is 0.718. The number of nitrogens with zero attached hydrogens (tertiary/aromatic N) is 3.